The van der Waals surface area contributed by atoms with Gasteiger partial charge in [-0.1, -0.05) is 0 Å². The molecule has 21 heavy (non-hydrogen) atoms. The first kappa shape index (κ1) is 13.1. The summed E-state index contributed by atoms with van der Waals surface area (Å²) < 4.78 is 10.5. The second-order valence-corrected chi connectivity index (χ2v) is 4.59. The number of hydrogen-bond donors (Lipinski definition) is 0. The zero-order valence-corrected chi connectivity index (χ0v) is 11.5. The molecule has 2 heterocycles. The highest BCUT2D eigenvalue weighted by molar-refractivity contribution is 5.94. The molecule has 6 nitrogen and oxygen atoms in total. The van der Waals surface area contributed by atoms with Crippen molar-refractivity contribution in [3.05, 3.63) is 52.2 Å². The molecule has 0 N–H and O–H groups in total. The summed E-state index contributed by atoms with van der Waals surface area (Å²) >= 11 is 0. The SMILES string of the molecule is COc1ccc2c(-c3ccc([N+](=O)[O-])o3)cc(C)nc2c1. The first-order valence-electron chi connectivity index (χ1n) is 6.28. The van der Waals surface area contributed by atoms with Crippen LogP contribution in [-0.4, -0.2) is 17.0 Å². The van der Waals surface area contributed by atoms with Gasteiger partial charge >= 0.3 is 5.88 Å². The molecule has 2 aromatic heterocycles. The molecule has 0 atom stereocenters. The Labute approximate surface area is 120 Å². The van der Waals surface area contributed by atoms with Crippen LogP contribution in [0.15, 0.2) is 40.8 Å². The van der Waals surface area contributed by atoms with Crippen LogP contribution < -0.4 is 4.74 Å². The van der Waals surface area contributed by atoms with Crippen molar-refractivity contribution in [2.45, 2.75) is 6.92 Å². The molecule has 0 aliphatic rings. The van der Waals surface area contributed by atoms with E-state index in [4.69, 9.17) is 9.15 Å². The number of nitrogens with zero attached hydrogens (tertiary/aromatic N) is 2. The molecule has 0 aliphatic heterocycles. The zero-order chi connectivity index (χ0) is 15.0. The number of methoxy groups -OCH3 is 1. The quantitative estimate of drug-likeness (QED) is 0.541. The molecule has 1 aromatic carbocycles. The number of aryl methyl sites for hydroxylation is 1. The van der Waals surface area contributed by atoms with E-state index in [9.17, 15) is 10.1 Å². The molecular weight excluding hydrogens is 272 g/mol. The highest BCUT2D eigenvalue weighted by atomic mass is 16.6. The van der Waals surface area contributed by atoms with E-state index >= 15 is 0 Å². The molecule has 6 heteroatoms. The summed E-state index contributed by atoms with van der Waals surface area (Å²) in [6.45, 7) is 1.86. The predicted octanol–water partition coefficient (Wildman–Crippen LogP) is 3.72. The van der Waals surface area contributed by atoms with Crippen LogP contribution in [0.4, 0.5) is 5.88 Å². The summed E-state index contributed by atoms with van der Waals surface area (Å²) in [7, 11) is 1.59. The van der Waals surface area contributed by atoms with Gasteiger partial charge < -0.3 is 9.15 Å². The molecule has 0 saturated carbocycles. The summed E-state index contributed by atoms with van der Waals surface area (Å²) in [5, 5.41) is 11.6. The van der Waals surface area contributed by atoms with Crippen molar-refractivity contribution in [1.82, 2.24) is 4.98 Å². The van der Waals surface area contributed by atoms with Crippen LogP contribution >= 0.6 is 0 Å². The molecule has 0 amide bonds. The maximum Gasteiger partial charge on any atom is 0.433 e. The fraction of sp³-hybridized carbons (Fsp3) is 0.133. The summed E-state index contributed by atoms with van der Waals surface area (Å²) in [6, 6.07) is 10.3. The topological polar surface area (TPSA) is 78.4 Å². The van der Waals surface area contributed by atoms with Gasteiger partial charge in [-0.15, -0.1) is 0 Å². The summed E-state index contributed by atoms with van der Waals surface area (Å²) in [5.74, 6) is 0.875. The van der Waals surface area contributed by atoms with Gasteiger partial charge in [-0.2, -0.15) is 0 Å². The van der Waals surface area contributed by atoms with Crippen LogP contribution in [-0.2, 0) is 0 Å². The number of benzene rings is 1. The lowest BCUT2D eigenvalue weighted by molar-refractivity contribution is -0.401. The third kappa shape index (κ3) is 2.31. The van der Waals surface area contributed by atoms with E-state index in [1.807, 2.05) is 31.2 Å². The largest absolute Gasteiger partial charge is 0.497 e. The minimum absolute atomic E-state index is 0.277. The Morgan fingerprint density at radius 1 is 1.24 bits per heavy atom. The maximum absolute atomic E-state index is 10.7. The van der Waals surface area contributed by atoms with E-state index in [1.165, 1.54) is 6.07 Å². The van der Waals surface area contributed by atoms with Gasteiger partial charge in [-0.3, -0.25) is 15.1 Å². The van der Waals surface area contributed by atoms with Crippen LogP contribution in [0.1, 0.15) is 5.69 Å². The predicted molar refractivity (Wildman–Crippen MR) is 77.4 cm³/mol. The Morgan fingerprint density at radius 3 is 2.71 bits per heavy atom. The second-order valence-electron chi connectivity index (χ2n) is 4.59. The fourth-order valence-corrected chi connectivity index (χ4v) is 2.24. The average molecular weight is 284 g/mol. The van der Waals surface area contributed by atoms with Gasteiger partial charge in [0.05, 0.1) is 18.7 Å². The minimum atomic E-state index is -0.553. The first-order chi connectivity index (χ1) is 10.1. The lowest BCUT2D eigenvalue weighted by atomic mass is 10.1. The number of furan rings is 1. The lowest BCUT2D eigenvalue weighted by Gasteiger charge is -2.07. The lowest BCUT2D eigenvalue weighted by Crippen LogP contribution is -1.89. The third-order valence-corrected chi connectivity index (χ3v) is 3.18. The molecule has 0 bridgehead atoms. The number of hydrogen-bond acceptors (Lipinski definition) is 5. The molecule has 0 spiro atoms. The molecule has 0 unspecified atom stereocenters. The number of aromatic nitrogens is 1. The first-order valence-corrected chi connectivity index (χ1v) is 6.28. The molecule has 0 fully saturated rings. The monoisotopic (exact) mass is 284 g/mol. The van der Waals surface area contributed by atoms with Crippen molar-refractivity contribution in [1.29, 1.82) is 0 Å². The van der Waals surface area contributed by atoms with Crippen LogP contribution in [0.3, 0.4) is 0 Å². The van der Waals surface area contributed by atoms with Crippen LogP contribution in [0.25, 0.3) is 22.2 Å². The Hall–Kier alpha value is -2.89. The van der Waals surface area contributed by atoms with Gasteiger partial charge in [-0.25, -0.2) is 0 Å². The minimum Gasteiger partial charge on any atom is -0.497 e. The van der Waals surface area contributed by atoms with Gasteiger partial charge in [0.15, 0.2) is 0 Å². The smallest absolute Gasteiger partial charge is 0.433 e. The van der Waals surface area contributed by atoms with Crippen molar-refractivity contribution < 1.29 is 14.1 Å². The number of ether oxygens (including phenoxy) is 1. The average Bonchev–Trinajstić information content (AvgIpc) is 2.95. The number of pyridine rings is 1. The molecule has 3 aromatic rings. The van der Waals surface area contributed by atoms with E-state index < -0.39 is 4.92 Å². The van der Waals surface area contributed by atoms with Gasteiger partial charge in [0, 0.05) is 22.7 Å². The van der Waals surface area contributed by atoms with E-state index in [-0.39, 0.29) is 5.88 Å². The van der Waals surface area contributed by atoms with Crippen molar-refractivity contribution in [2.24, 2.45) is 0 Å². The van der Waals surface area contributed by atoms with E-state index in [1.54, 1.807) is 13.2 Å². The number of rotatable bonds is 3. The summed E-state index contributed by atoms with van der Waals surface area (Å²) in [6.07, 6.45) is 0. The van der Waals surface area contributed by atoms with Crippen molar-refractivity contribution in [2.75, 3.05) is 7.11 Å². The van der Waals surface area contributed by atoms with Gasteiger partial charge in [-0.05, 0) is 31.2 Å². The summed E-state index contributed by atoms with van der Waals surface area (Å²) in [5.41, 5.74) is 2.32. The van der Waals surface area contributed by atoms with Crippen molar-refractivity contribution in [3.63, 3.8) is 0 Å². The number of nitro groups is 1. The standard InChI is InChI=1S/C15H12N2O4/c1-9-7-12(14-5-6-15(21-14)17(18)19)11-4-3-10(20-2)8-13(11)16-9/h3-8H,1-2H3. The second kappa shape index (κ2) is 4.90. The fourth-order valence-electron chi connectivity index (χ4n) is 2.24. The highest BCUT2D eigenvalue weighted by Crippen LogP contribution is 2.33. The zero-order valence-electron chi connectivity index (χ0n) is 11.5. The van der Waals surface area contributed by atoms with Crippen molar-refractivity contribution >= 4 is 16.8 Å². The van der Waals surface area contributed by atoms with Crippen LogP contribution in [0.5, 0.6) is 5.75 Å². The Morgan fingerprint density at radius 2 is 2.05 bits per heavy atom. The van der Waals surface area contributed by atoms with Gasteiger partial charge in [0.1, 0.15) is 16.4 Å². The van der Waals surface area contributed by atoms with Gasteiger partial charge in [0.25, 0.3) is 0 Å². The molecule has 0 radical (unpaired) electrons. The molecular formula is C15H12N2O4. The molecule has 3 rings (SSSR count). The highest BCUT2D eigenvalue weighted by Gasteiger charge is 2.16. The Balaban J connectivity index is 2.23. The number of fused-ring (bicyclic) bond motifs is 1. The van der Waals surface area contributed by atoms with E-state index in [0.717, 1.165) is 22.2 Å². The molecule has 0 saturated heterocycles. The van der Waals surface area contributed by atoms with Crippen molar-refractivity contribution in [3.8, 4) is 17.1 Å². The van der Waals surface area contributed by atoms with Crippen LogP contribution in [0.2, 0.25) is 0 Å². The van der Waals surface area contributed by atoms with E-state index in [2.05, 4.69) is 4.98 Å². The van der Waals surface area contributed by atoms with Gasteiger partial charge in [0.2, 0.25) is 0 Å². The Bertz CT molecular complexity index is 839. The normalized spacial score (nSPS) is 10.8. The van der Waals surface area contributed by atoms with Crippen LogP contribution in [0, 0.1) is 17.0 Å². The molecule has 106 valence electrons. The third-order valence-electron chi connectivity index (χ3n) is 3.18. The maximum atomic E-state index is 10.7. The van der Waals surface area contributed by atoms with E-state index in [0.29, 0.717) is 11.5 Å². The molecule has 0 aliphatic carbocycles. The Kier molecular flexibility index (Phi) is 3.06. The summed E-state index contributed by atoms with van der Waals surface area (Å²) in [4.78, 5) is 14.6.